The standard InChI is InChI=1S/C19H25N3O3/c1-13-8-9-15(12-21-13)14(2)22-19(23)16-6-4-7-17(24-3)18(16)25-11-5-10-20/h4,6-9,12,14H,5,10-11,20H2,1-3H3,(H,22,23)/t14-/m0/s1. The van der Waals surface area contributed by atoms with Gasteiger partial charge in [0, 0.05) is 11.9 Å². The Bertz CT molecular complexity index is 702. The average molecular weight is 343 g/mol. The van der Waals surface area contributed by atoms with Crippen LogP contribution in [0.15, 0.2) is 36.5 Å². The van der Waals surface area contributed by atoms with Gasteiger partial charge in [0.2, 0.25) is 0 Å². The molecule has 0 saturated carbocycles. The molecule has 0 aliphatic rings. The Balaban J connectivity index is 2.18. The normalized spacial score (nSPS) is 11.7. The van der Waals surface area contributed by atoms with Crippen molar-refractivity contribution < 1.29 is 14.3 Å². The van der Waals surface area contributed by atoms with Crippen molar-refractivity contribution in [2.75, 3.05) is 20.3 Å². The van der Waals surface area contributed by atoms with Crippen LogP contribution in [-0.2, 0) is 0 Å². The highest BCUT2D eigenvalue weighted by molar-refractivity contribution is 5.98. The van der Waals surface area contributed by atoms with Crippen LogP contribution in [0.5, 0.6) is 11.5 Å². The van der Waals surface area contributed by atoms with Crippen LogP contribution in [0.25, 0.3) is 0 Å². The maximum atomic E-state index is 12.7. The second-order valence-electron chi connectivity index (χ2n) is 5.76. The van der Waals surface area contributed by atoms with Gasteiger partial charge in [-0.15, -0.1) is 0 Å². The van der Waals surface area contributed by atoms with Gasteiger partial charge in [0.05, 0.1) is 25.3 Å². The van der Waals surface area contributed by atoms with Gasteiger partial charge in [-0.05, 0) is 50.6 Å². The van der Waals surface area contributed by atoms with E-state index in [-0.39, 0.29) is 11.9 Å². The highest BCUT2D eigenvalue weighted by atomic mass is 16.5. The largest absolute Gasteiger partial charge is 0.493 e. The maximum absolute atomic E-state index is 12.7. The van der Waals surface area contributed by atoms with Gasteiger partial charge < -0.3 is 20.5 Å². The Morgan fingerprint density at radius 2 is 2.12 bits per heavy atom. The highest BCUT2D eigenvalue weighted by Gasteiger charge is 2.19. The van der Waals surface area contributed by atoms with E-state index in [0.29, 0.717) is 36.6 Å². The van der Waals surface area contributed by atoms with E-state index < -0.39 is 0 Å². The SMILES string of the molecule is COc1cccc(C(=O)N[C@@H](C)c2ccc(C)nc2)c1OCCCN. The molecular weight excluding hydrogens is 318 g/mol. The second kappa shape index (κ2) is 9.03. The molecule has 3 N–H and O–H groups in total. The zero-order valence-corrected chi connectivity index (χ0v) is 14.9. The molecular formula is C19H25N3O3. The van der Waals surface area contributed by atoms with Crippen molar-refractivity contribution in [1.82, 2.24) is 10.3 Å². The molecule has 1 atom stereocenters. The van der Waals surface area contributed by atoms with E-state index in [1.54, 1.807) is 31.5 Å². The van der Waals surface area contributed by atoms with Crippen LogP contribution in [0, 0.1) is 6.92 Å². The van der Waals surface area contributed by atoms with E-state index in [2.05, 4.69) is 10.3 Å². The molecule has 1 aromatic heterocycles. The van der Waals surface area contributed by atoms with Crippen molar-refractivity contribution >= 4 is 5.91 Å². The lowest BCUT2D eigenvalue weighted by Gasteiger charge is -2.18. The molecule has 6 heteroatoms. The minimum atomic E-state index is -0.227. The van der Waals surface area contributed by atoms with Crippen LogP contribution in [0.1, 0.15) is 41.0 Å². The summed E-state index contributed by atoms with van der Waals surface area (Å²) in [6, 6.07) is 8.95. The van der Waals surface area contributed by atoms with Gasteiger partial charge in [0.1, 0.15) is 0 Å². The van der Waals surface area contributed by atoms with Crippen LogP contribution in [-0.4, -0.2) is 31.2 Å². The number of rotatable bonds is 8. The van der Waals surface area contributed by atoms with Gasteiger partial charge in [-0.3, -0.25) is 9.78 Å². The molecule has 2 aromatic rings. The minimum absolute atomic E-state index is 0.177. The van der Waals surface area contributed by atoms with E-state index in [1.807, 2.05) is 26.0 Å². The third kappa shape index (κ3) is 4.93. The van der Waals surface area contributed by atoms with Crippen molar-refractivity contribution in [3.63, 3.8) is 0 Å². The van der Waals surface area contributed by atoms with E-state index in [1.165, 1.54) is 0 Å². The number of aromatic nitrogens is 1. The molecule has 0 radical (unpaired) electrons. The molecule has 0 spiro atoms. The lowest BCUT2D eigenvalue weighted by atomic mass is 10.1. The van der Waals surface area contributed by atoms with Crippen LogP contribution < -0.4 is 20.5 Å². The topological polar surface area (TPSA) is 86.5 Å². The van der Waals surface area contributed by atoms with Crippen LogP contribution in [0.2, 0.25) is 0 Å². The number of hydrogen-bond donors (Lipinski definition) is 2. The van der Waals surface area contributed by atoms with E-state index >= 15 is 0 Å². The zero-order chi connectivity index (χ0) is 18.2. The quantitative estimate of drug-likeness (QED) is 0.720. The van der Waals surface area contributed by atoms with Crippen molar-refractivity contribution in [3.05, 3.63) is 53.3 Å². The fourth-order valence-corrected chi connectivity index (χ4v) is 2.35. The van der Waals surface area contributed by atoms with Gasteiger partial charge in [-0.1, -0.05) is 12.1 Å². The first kappa shape index (κ1) is 18.7. The summed E-state index contributed by atoms with van der Waals surface area (Å²) in [6.45, 7) is 4.79. The maximum Gasteiger partial charge on any atom is 0.255 e. The van der Waals surface area contributed by atoms with Crippen LogP contribution in [0.4, 0.5) is 0 Å². The molecule has 25 heavy (non-hydrogen) atoms. The molecule has 0 saturated heterocycles. The van der Waals surface area contributed by atoms with E-state index in [9.17, 15) is 4.79 Å². The summed E-state index contributed by atoms with van der Waals surface area (Å²) >= 11 is 0. The fraction of sp³-hybridized carbons (Fsp3) is 0.368. The predicted molar refractivity (Wildman–Crippen MR) is 97.0 cm³/mol. The van der Waals surface area contributed by atoms with Crippen LogP contribution in [0.3, 0.4) is 0 Å². The Morgan fingerprint density at radius 3 is 2.76 bits per heavy atom. The molecule has 1 amide bonds. The Hall–Kier alpha value is -2.60. The number of nitrogens with two attached hydrogens (primary N) is 1. The number of pyridine rings is 1. The molecule has 1 heterocycles. The highest BCUT2D eigenvalue weighted by Crippen LogP contribution is 2.31. The Labute approximate surface area is 148 Å². The molecule has 0 aliphatic heterocycles. The third-order valence-electron chi connectivity index (χ3n) is 3.82. The zero-order valence-electron chi connectivity index (χ0n) is 14.9. The molecule has 1 aromatic carbocycles. The first-order valence-corrected chi connectivity index (χ1v) is 8.30. The molecule has 2 rings (SSSR count). The van der Waals surface area contributed by atoms with E-state index in [0.717, 1.165) is 11.3 Å². The monoisotopic (exact) mass is 343 g/mol. The van der Waals surface area contributed by atoms with Crippen LogP contribution >= 0.6 is 0 Å². The Morgan fingerprint density at radius 1 is 1.32 bits per heavy atom. The summed E-state index contributed by atoms with van der Waals surface area (Å²) in [7, 11) is 1.55. The van der Waals surface area contributed by atoms with Crippen molar-refractivity contribution in [2.24, 2.45) is 5.73 Å². The van der Waals surface area contributed by atoms with Crippen molar-refractivity contribution in [3.8, 4) is 11.5 Å². The summed E-state index contributed by atoms with van der Waals surface area (Å²) in [6.07, 6.45) is 2.47. The summed E-state index contributed by atoms with van der Waals surface area (Å²) in [5, 5.41) is 2.97. The lowest BCUT2D eigenvalue weighted by molar-refractivity contribution is 0.0935. The van der Waals surface area contributed by atoms with Gasteiger partial charge in [-0.2, -0.15) is 0 Å². The van der Waals surface area contributed by atoms with E-state index in [4.69, 9.17) is 15.2 Å². The first-order valence-electron chi connectivity index (χ1n) is 8.30. The average Bonchev–Trinajstić information content (AvgIpc) is 2.62. The summed E-state index contributed by atoms with van der Waals surface area (Å²) < 4.78 is 11.1. The third-order valence-corrected chi connectivity index (χ3v) is 3.82. The fourth-order valence-electron chi connectivity index (χ4n) is 2.35. The van der Waals surface area contributed by atoms with Gasteiger partial charge in [0.25, 0.3) is 5.91 Å². The number of para-hydroxylation sites is 1. The molecule has 0 bridgehead atoms. The number of amides is 1. The number of nitrogens with zero attached hydrogens (tertiary/aromatic N) is 1. The molecule has 134 valence electrons. The lowest BCUT2D eigenvalue weighted by Crippen LogP contribution is -2.27. The summed E-state index contributed by atoms with van der Waals surface area (Å²) in [4.78, 5) is 17.0. The molecule has 6 nitrogen and oxygen atoms in total. The first-order chi connectivity index (χ1) is 12.1. The number of carbonyl (C=O) groups is 1. The minimum Gasteiger partial charge on any atom is -0.493 e. The number of methoxy groups -OCH3 is 1. The summed E-state index contributed by atoms with van der Waals surface area (Å²) in [5.41, 5.74) is 7.81. The number of benzene rings is 1. The van der Waals surface area contributed by atoms with Crippen molar-refractivity contribution in [2.45, 2.75) is 26.3 Å². The number of aryl methyl sites for hydroxylation is 1. The van der Waals surface area contributed by atoms with Gasteiger partial charge in [-0.25, -0.2) is 0 Å². The molecule has 0 unspecified atom stereocenters. The number of carbonyl (C=O) groups excluding carboxylic acids is 1. The predicted octanol–water partition coefficient (Wildman–Crippen LogP) is 2.62. The van der Waals surface area contributed by atoms with Crippen molar-refractivity contribution in [1.29, 1.82) is 0 Å². The number of ether oxygens (including phenoxy) is 2. The van der Waals surface area contributed by atoms with Gasteiger partial charge >= 0.3 is 0 Å². The summed E-state index contributed by atoms with van der Waals surface area (Å²) in [5.74, 6) is 0.731. The number of nitrogens with one attached hydrogen (secondary N) is 1. The Kier molecular flexibility index (Phi) is 6.77. The second-order valence-corrected chi connectivity index (χ2v) is 5.76. The van der Waals surface area contributed by atoms with Gasteiger partial charge in [0.15, 0.2) is 11.5 Å². The number of hydrogen-bond acceptors (Lipinski definition) is 5. The molecule has 0 aliphatic carbocycles. The smallest absolute Gasteiger partial charge is 0.255 e. The molecule has 0 fully saturated rings.